The Morgan fingerprint density at radius 1 is 1.10 bits per heavy atom. The number of rotatable bonds is 7. The third-order valence-electron chi connectivity index (χ3n) is 4.45. The number of benzene rings is 2. The highest BCUT2D eigenvalue weighted by molar-refractivity contribution is 6.31. The molecule has 30 heavy (non-hydrogen) atoms. The lowest BCUT2D eigenvalue weighted by molar-refractivity contribution is 0.102. The molecule has 2 heterocycles. The molecule has 7 nitrogen and oxygen atoms in total. The highest BCUT2D eigenvalue weighted by Gasteiger charge is 2.11. The lowest BCUT2D eigenvalue weighted by Crippen LogP contribution is -2.14. The van der Waals surface area contributed by atoms with Gasteiger partial charge in [0.1, 0.15) is 5.75 Å². The highest BCUT2D eigenvalue weighted by atomic mass is 35.5. The van der Waals surface area contributed by atoms with Crippen molar-refractivity contribution in [2.24, 2.45) is 0 Å². The summed E-state index contributed by atoms with van der Waals surface area (Å²) >= 11 is 6.03. The standard InChI is InChI=1S/C22H20ClN5O2/c1-16-12-19(6-7-20(16)23)30-15-28-11-8-21(26-28)22(29)25-18-5-2-4-17(13-18)14-27-10-3-9-24-27/h2-13H,14-15H2,1H3,(H,25,29). The molecule has 0 aliphatic rings. The van der Waals surface area contributed by atoms with E-state index in [9.17, 15) is 4.79 Å². The number of amides is 1. The SMILES string of the molecule is Cc1cc(OCn2ccc(C(=O)Nc3cccc(Cn4cccn4)c3)n2)ccc1Cl. The summed E-state index contributed by atoms with van der Waals surface area (Å²) in [5, 5.41) is 12.1. The first-order valence-electron chi connectivity index (χ1n) is 9.37. The van der Waals surface area contributed by atoms with Gasteiger partial charge in [0, 0.05) is 29.3 Å². The monoisotopic (exact) mass is 421 g/mol. The van der Waals surface area contributed by atoms with E-state index in [0.717, 1.165) is 11.1 Å². The van der Waals surface area contributed by atoms with Crippen molar-refractivity contribution in [2.75, 3.05) is 5.32 Å². The van der Waals surface area contributed by atoms with Crippen LogP contribution in [0.4, 0.5) is 5.69 Å². The van der Waals surface area contributed by atoms with Crippen molar-refractivity contribution in [2.45, 2.75) is 20.2 Å². The molecule has 2 aromatic heterocycles. The Hall–Kier alpha value is -3.58. The van der Waals surface area contributed by atoms with Gasteiger partial charge in [-0.25, -0.2) is 4.68 Å². The van der Waals surface area contributed by atoms with Crippen LogP contribution in [-0.4, -0.2) is 25.5 Å². The van der Waals surface area contributed by atoms with Gasteiger partial charge in [0.2, 0.25) is 0 Å². The van der Waals surface area contributed by atoms with Gasteiger partial charge in [0.15, 0.2) is 12.4 Å². The van der Waals surface area contributed by atoms with Gasteiger partial charge < -0.3 is 10.1 Å². The zero-order chi connectivity index (χ0) is 20.9. The fourth-order valence-electron chi connectivity index (χ4n) is 2.93. The van der Waals surface area contributed by atoms with Gasteiger partial charge in [-0.1, -0.05) is 23.7 Å². The molecule has 0 aliphatic carbocycles. The van der Waals surface area contributed by atoms with Crippen molar-refractivity contribution in [3.8, 4) is 5.75 Å². The predicted molar refractivity (Wildman–Crippen MR) is 115 cm³/mol. The molecule has 152 valence electrons. The van der Waals surface area contributed by atoms with Crippen LogP contribution in [0, 0.1) is 6.92 Å². The van der Waals surface area contributed by atoms with E-state index in [1.165, 1.54) is 0 Å². The predicted octanol–water partition coefficient (Wildman–Crippen LogP) is 4.38. The van der Waals surface area contributed by atoms with Crippen molar-refractivity contribution in [3.63, 3.8) is 0 Å². The molecule has 4 aromatic rings. The summed E-state index contributed by atoms with van der Waals surface area (Å²) in [5.74, 6) is 0.403. The molecule has 1 N–H and O–H groups in total. The minimum absolute atomic E-state index is 0.188. The Bertz CT molecular complexity index is 1150. The summed E-state index contributed by atoms with van der Waals surface area (Å²) in [6, 6.07) is 16.6. The maximum Gasteiger partial charge on any atom is 0.276 e. The van der Waals surface area contributed by atoms with E-state index in [1.807, 2.05) is 54.2 Å². The van der Waals surface area contributed by atoms with Crippen LogP contribution in [-0.2, 0) is 13.3 Å². The average molecular weight is 422 g/mol. The van der Waals surface area contributed by atoms with E-state index in [2.05, 4.69) is 15.5 Å². The van der Waals surface area contributed by atoms with Gasteiger partial charge >= 0.3 is 0 Å². The number of nitrogens with zero attached hydrogens (tertiary/aromatic N) is 4. The van der Waals surface area contributed by atoms with E-state index in [-0.39, 0.29) is 12.6 Å². The molecule has 0 bridgehead atoms. The summed E-state index contributed by atoms with van der Waals surface area (Å²) in [4.78, 5) is 12.6. The molecule has 1 amide bonds. The maximum atomic E-state index is 12.6. The van der Waals surface area contributed by atoms with Gasteiger partial charge in [-0.05, 0) is 60.5 Å². The fraction of sp³-hybridized carbons (Fsp3) is 0.136. The minimum atomic E-state index is -0.285. The molecule has 2 aromatic carbocycles. The summed E-state index contributed by atoms with van der Waals surface area (Å²) < 4.78 is 9.09. The number of nitrogens with one attached hydrogen (secondary N) is 1. The number of ether oxygens (including phenoxy) is 1. The van der Waals surface area contributed by atoms with Gasteiger partial charge in [0.05, 0.1) is 6.54 Å². The topological polar surface area (TPSA) is 74.0 Å². The first-order valence-corrected chi connectivity index (χ1v) is 9.75. The molecule has 0 saturated heterocycles. The molecule has 0 aliphatic heterocycles. The van der Waals surface area contributed by atoms with Crippen LogP contribution in [0.5, 0.6) is 5.75 Å². The summed E-state index contributed by atoms with van der Waals surface area (Å²) in [7, 11) is 0. The van der Waals surface area contributed by atoms with E-state index in [4.69, 9.17) is 16.3 Å². The van der Waals surface area contributed by atoms with Crippen molar-refractivity contribution in [3.05, 3.63) is 95.0 Å². The first-order chi connectivity index (χ1) is 14.6. The largest absolute Gasteiger partial charge is 0.471 e. The van der Waals surface area contributed by atoms with Crippen molar-refractivity contribution in [1.29, 1.82) is 0 Å². The maximum absolute atomic E-state index is 12.6. The van der Waals surface area contributed by atoms with Gasteiger partial charge in [-0.3, -0.25) is 9.48 Å². The molecule has 0 unspecified atom stereocenters. The first kappa shape index (κ1) is 19.7. The average Bonchev–Trinajstić information content (AvgIpc) is 3.41. The normalized spacial score (nSPS) is 10.7. The molecule has 0 saturated carbocycles. The second-order valence-electron chi connectivity index (χ2n) is 6.78. The van der Waals surface area contributed by atoms with Crippen LogP contribution in [0.3, 0.4) is 0 Å². The zero-order valence-corrected chi connectivity index (χ0v) is 17.1. The molecular formula is C22H20ClN5O2. The molecule has 0 atom stereocenters. The zero-order valence-electron chi connectivity index (χ0n) is 16.3. The van der Waals surface area contributed by atoms with Crippen LogP contribution in [0.15, 0.2) is 73.2 Å². The smallest absolute Gasteiger partial charge is 0.276 e. The van der Waals surface area contributed by atoms with Crippen molar-refractivity contribution in [1.82, 2.24) is 19.6 Å². The van der Waals surface area contributed by atoms with Gasteiger partial charge in [-0.15, -0.1) is 0 Å². The minimum Gasteiger partial charge on any atom is -0.471 e. The Labute approximate surface area is 178 Å². The second kappa shape index (κ2) is 8.84. The number of hydrogen-bond acceptors (Lipinski definition) is 4. The fourth-order valence-corrected chi connectivity index (χ4v) is 3.04. The Morgan fingerprint density at radius 3 is 2.80 bits per heavy atom. The Balaban J connectivity index is 1.36. The number of hydrogen-bond donors (Lipinski definition) is 1. The second-order valence-corrected chi connectivity index (χ2v) is 7.19. The quantitative estimate of drug-likeness (QED) is 0.480. The summed E-state index contributed by atoms with van der Waals surface area (Å²) in [5.41, 5.74) is 2.98. The van der Waals surface area contributed by atoms with Crippen LogP contribution in [0.2, 0.25) is 5.02 Å². The Kier molecular flexibility index (Phi) is 5.81. The molecule has 0 fully saturated rings. The third-order valence-corrected chi connectivity index (χ3v) is 4.88. The van der Waals surface area contributed by atoms with E-state index < -0.39 is 0 Å². The molecule has 0 spiro atoms. The molecular weight excluding hydrogens is 402 g/mol. The molecule has 8 heteroatoms. The molecule has 0 radical (unpaired) electrons. The lowest BCUT2D eigenvalue weighted by Gasteiger charge is -2.08. The van der Waals surface area contributed by atoms with E-state index in [1.54, 1.807) is 35.3 Å². The number of aromatic nitrogens is 4. The van der Waals surface area contributed by atoms with E-state index in [0.29, 0.717) is 28.7 Å². The van der Waals surface area contributed by atoms with Crippen molar-refractivity contribution >= 4 is 23.2 Å². The van der Waals surface area contributed by atoms with Crippen LogP contribution < -0.4 is 10.1 Å². The number of carbonyl (C=O) groups is 1. The summed E-state index contributed by atoms with van der Waals surface area (Å²) in [6.45, 7) is 2.73. The van der Waals surface area contributed by atoms with Crippen LogP contribution in [0.25, 0.3) is 0 Å². The Morgan fingerprint density at radius 2 is 2.00 bits per heavy atom. The molecule has 4 rings (SSSR count). The highest BCUT2D eigenvalue weighted by Crippen LogP contribution is 2.21. The number of carbonyl (C=O) groups excluding carboxylic acids is 1. The van der Waals surface area contributed by atoms with Crippen LogP contribution >= 0.6 is 11.6 Å². The van der Waals surface area contributed by atoms with Gasteiger partial charge in [0.25, 0.3) is 5.91 Å². The summed E-state index contributed by atoms with van der Waals surface area (Å²) in [6.07, 6.45) is 5.33. The number of anilines is 1. The lowest BCUT2D eigenvalue weighted by atomic mass is 10.2. The third kappa shape index (κ3) is 4.87. The number of aryl methyl sites for hydroxylation is 1. The van der Waals surface area contributed by atoms with Crippen molar-refractivity contribution < 1.29 is 9.53 Å². The number of halogens is 1. The van der Waals surface area contributed by atoms with Gasteiger partial charge in [-0.2, -0.15) is 10.2 Å². The van der Waals surface area contributed by atoms with E-state index >= 15 is 0 Å². The van der Waals surface area contributed by atoms with Crippen LogP contribution in [0.1, 0.15) is 21.6 Å².